The van der Waals surface area contributed by atoms with Gasteiger partial charge in [0.15, 0.2) is 0 Å². The van der Waals surface area contributed by atoms with Crippen LogP contribution in [0.2, 0.25) is 0 Å². The second-order valence-corrected chi connectivity index (χ2v) is 4.63. The molecule has 3 aliphatic rings. The Hall–Kier alpha value is -0.810. The number of hydrogen-bond donors (Lipinski definition) is 2. The molecule has 2 aliphatic heterocycles. The summed E-state index contributed by atoms with van der Waals surface area (Å²) in [5, 5.41) is 2.81. The van der Waals surface area contributed by atoms with Crippen molar-refractivity contribution < 1.29 is 9.53 Å². The van der Waals surface area contributed by atoms with E-state index in [1.165, 1.54) is 0 Å². The summed E-state index contributed by atoms with van der Waals surface area (Å²) in [6.07, 6.45) is 2.45. The second-order valence-electron chi connectivity index (χ2n) is 4.63. The first-order valence-electron chi connectivity index (χ1n) is 5.71. The van der Waals surface area contributed by atoms with Crippen LogP contribution in [0.1, 0.15) is 12.8 Å². The first kappa shape index (κ1) is 9.42. The number of nitrogens with two attached hydrogens (primary N) is 1. The third-order valence-electron chi connectivity index (χ3n) is 3.89. The molecule has 2 saturated heterocycles. The quantitative estimate of drug-likeness (QED) is 0.615. The van der Waals surface area contributed by atoms with E-state index in [0.717, 1.165) is 32.5 Å². The number of carbonyl (C=O) groups excluding carboxylic acids is 1. The van der Waals surface area contributed by atoms with Gasteiger partial charge >= 0.3 is 6.03 Å². The van der Waals surface area contributed by atoms with Gasteiger partial charge in [-0.3, -0.25) is 0 Å². The van der Waals surface area contributed by atoms with Gasteiger partial charge in [-0.2, -0.15) is 0 Å². The molecule has 3 rings (SSSR count). The molecule has 0 bridgehead atoms. The summed E-state index contributed by atoms with van der Waals surface area (Å²) < 4.78 is 5.72. The highest BCUT2D eigenvalue weighted by atomic mass is 16.5. The highest BCUT2D eigenvalue weighted by molar-refractivity contribution is 5.77. The molecule has 0 aromatic carbocycles. The standard InChI is InChI=1S/C10H17N3O2/c11-7-6-2-1-5-15-9(6)8(7)13-4-3-12-10(13)14/h6-9H,1-5,11H2,(H,12,14). The zero-order valence-corrected chi connectivity index (χ0v) is 8.69. The van der Waals surface area contributed by atoms with E-state index < -0.39 is 0 Å². The summed E-state index contributed by atoms with van der Waals surface area (Å²) in [4.78, 5) is 13.4. The molecule has 2 amide bonds. The highest BCUT2D eigenvalue weighted by Gasteiger charge is 2.54. The van der Waals surface area contributed by atoms with Gasteiger partial charge in [-0.25, -0.2) is 4.79 Å². The largest absolute Gasteiger partial charge is 0.376 e. The van der Waals surface area contributed by atoms with E-state index in [0.29, 0.717) is 5.92 Å². The summed E-state index contributed by atoms with van der Waals surface area (Å²) in [6.45, 7) is 2.32. The molecule has 0 aromatic rings. The zero-order valence-electron chi connectivity index (χ0n) is 8.69. The maximum atomic E-state index is 11.5. The van der Waals surface area contributed by atoms with Crippen LogP contribution in [0.4, 0.5) is 4.79 Å². The number of urea groups is 1. The van der Waals surface area contributed by atoms with Gasteiger partial charge in [0.1, 0.15) is 0 Å². The second kappa shape index (κ2) is 3.35. The van der Waals surface area contributed by atoms with Gasteiger partial charge in [-0.1, -0.05) is 0 Å². The fourth-order valence-electron chi connectivity index (χ4n) is 3.07. The molecule has 5 nitrogen and oxygen atoms in total. The number of hydrogen-bond acceptors (Lipinski definition) is 3. The molecule has 1 aliphatic carbocycles. The van der Waals surface area contributed by atoms with Crippen LogP contribution < -0.4 is 11.1 Å². The van der Waals surface area contributed by atoms with Crippen molar-refractivity contribution in [2.24, 2.45) is 11.7 Å². The molecule has 84 valence electrons. The lowest BCUT2D eigenvalue weighted by Crippen LogP contribution is -2.72. The number of nitrogens with zero attached hydrogens (tertiary/aromatic N) is 1. The van der Waals surface area contributed by atoms with Crippen molar-refractivity contribution in [2.75, 3.05) is 19.7 Å². The Kier molecular flexibility index (Phi) is 2.10. The Morgan fingerprint density at radius 1 is 1.53 bits per heavy atom. The van der Waals surface area contributed by atoms with Crippen LogP contribution in [0.25, 0.3) is 0 Å². The minimum atomic E-state index is 0.0167. The molecule has 3 N–H and O–H groups in total. The van der Waals surface area contributed by atoms with Crippen LogP contribution in [0, 0.1) is 5.92 Å². The first-order chi connectivity index (χ1) is 7.29. The molecule has 3 fully saturated rings. The van der Waals surface area contributed by atoms with E-state index in [4.69, 9.17) is 10.5 Å². The lowest BCUT2D eigenvalue weighted by Gasteiger charge is -2.54. The Labute approximate surface area is 88.9 Å². The number of nitrogens with one attached hydrogen (secondary N) is 1. The number of ether oxygens (including phenoxy) is 1. The summed E-state index contributed by atoms with van der Waals surface area (Å²) in [6, 6.07) is 0.236. The van der Waals surface area contributed by atoms with Crippen LogP contribution in [-0.4, -0.2) is 48.8 Å². The van der Waals surface area contributed by atoms with Crippen LogP contribution in [-0.2, 0) is 4.74 Å². The Balaban J connectivity index is 1.73. The molecule has 2 heterocycles. The number of rotatable bonds is 1. The van der Waals surface area contributed by atoms with Gasteiger partial charge in [0, 0.05) is 31.7 Å². The van der Waals surface area contributed by atoms with E-state index in [9.17, 15) is 4.79 Å². The van der Waals surface area contributed by atoms with Crippen molar-refractivity contribution in [2.45, 2.75) is 31.0 Å². The molecule has 4 unspecified atom stereocenters. The first-order valence-corrected chi connectivity index (χ1v) is 5.71. The normalized spacial score (nSPS) is 44.6. The van der Waals surface area contributed by atoms with Crippen LogP contribution in [0.5, 0.6) is 0 Å². The van der Waals surface area contributed by atoms with Crippen molar-refractivity contribution in [3.05, 3.63) is 0 Å². The van der Waals surface area contributed by atoms with Crippen molar-refractivity contribution in [3.8, 4) is 0 Å². The minimum absolute atomic E-state index is 0.0167. The van der Waals surface area contributed by atoms with Gasteiger partial charge in [0.2, 0.25) is 0 Å². The smallest absolute Gasteiger partial charge is 0.317 e. The lowest BCUT2D eigenvalue weighted by atomic mass is 9.68. The monoisotopic (exact) mass is 211 g/mol. The van der Waals surface area contributed by atoms with E-state index in [1.807, 2.05) is 4.90 Å². The highest BCUT2D eigenvalue weighted by Crippen LogP contribution is 2.40. The van der Waals surface area contributed by atoms with E-state index in [2.05, 4.69) is 5.32 Å². The number of carbonyl (C=O) groups is 1. The SMILES string of the molecule is NC1C2CCCOC2C1N1CCNC1=O. The molecule has 4 atom stereocenters. The predicted molar refractivity (Wildman–Crippen MR) is 54.3 cm³/mol. The van der Waals surface area contributed by atoms with Gasteiger partial charge in [-0.15, -0.1) is 0 Å². The Morgan fingerprint density at radius 3 is 3.13 bits per heavy atom. The van der Waals surface area contributed by atoms with Gasteiger partial charge < -0.3 is 20.7 Å². The van der Waals surface area contributed by atoms with Gasteiger partial charge in [0.05, 0.1) is 12.1 Å². The van der Waals surface area contributed by atoms with E-state index in [1.54, 1.807) is 0 Å². The molecular formula is C10H17N3O2. The van der Waals surface area contributed by atoms with Crippen molar-refractivity contribution >= 4 is 6.03 Å². The molecule has 5 heteroatoms. The number of amides is 2. The fourth-order valence-corrected chi connectivity index (χ4v) is 3.07. The molecule has 15 heavy (non-hydrogen) atoms. The molecule has 0 aromatic heterocycles. The van der Waals surface area contributed by atoms with Crippen LogP contribution >= 0.6 is 0 Å². The minimum Gasteiger partial charge on any atom is -0.376 e. The van der Waals surface area contributed by atoms with Crippen molar-refractivity contribution in [3.63, 3.8) is 0 Å². The van der Waals surface area contributed by atoms with Crippen molar-refractivity contribution in [1.29, 1.82) is 0 Å². The van der Waals surface area contributed by atoms with Gasteiger partial charge in [0.25, 0.3) is 0 Å². The summed E-state index contributed by atoms with van der Waals surface area (Å²) >= 11 is 0. The Bertz CT molecular complexity index is 284. The molecular weight excluding hydrogens is 194 g/mol. The maximum absolute atomic E-state index is 11.5. The maximum Gasteiger partial charge on any atom is 0.317 e. The lowest BCUT2D eigenvalue weighted by molar-refractivity contribution is -0.142. The summed E-state index contributed by atoms with van der Waals surface area (Å²) in [5.74, 6) is 0.470. The van der Waals surface area contributed by atoms with Crippen LogP contribution in [0.3, 0.4) is 0 Å². The zero-order chi connectivity index (χ0) is 10.4. The predicted octanol–water partition coefficient (Wildman–Crippen LogP) is -0.484. The summed E-state index contributed by atoms with van der Waals surface area (Å²) in [5.41, 5.74) is 6.12. The average molecular weight is 211 g/mol. The topological polar surface area (TPSA) is 67.6 Å². The molecule has 1 saturated carbocycles. The molecule has 0 radical (unpaired) electrons. The fraction of sp³-hybridized carbons (Fsp3) is 0.900. The average Bonchev–Trinajstić information content (AvgIpc) is 2.65. The third-order valence-corrected chi connectivity index (χ3v) is 3.89. The molecule has 0 spiro atoms. The third kappa shape index (κ3) is 1.26. The van der Waals surface area contributed by atoms with E-state index in [-0.39, 0.29) is 24.2 Å². The summed E-state index contributed by atoms with van der Waals surface area (Å²) in [7, 11) is 0. The van der Waals surface area contributed by atoms with Crippen LogP contribution in [0.15, 0.2) is 0 Å². The van der Waals surface area contributed by atoms with Crippen molar-refractivity contribution in [1.82, 2.24) is 10.2 Å². The van der Waals surface area contributed by atoms with Gasteiger partial charge in [-0.05, 0) is 12.8 Å². The Morgan fingerprint density at radius 2 is 2.40 bits per heavy atom. The number of fused-ring (bicyclic) bond motifs is 1. The van der Waals surface area contributed by atoms with E-state index >= 15 is 0 Å².